The molecule has 6 rings (SSSR count). The summed E-state index contributed by atoms with van der Waals surface area (Å²) in [5, 5.41) is 1.13. The number of nitrogens with zero attached hydrogens (tertiary/aromatic N) is 1. The van der Waals surface area contributed by atoms with Gasteiger partial charge in [0.05, 0.1) is 39.7 Å². The van der Waals surface area contributed by atoms with E-state index in [9.17, 15) is 9.18 Å². The van der Waals surface area contributed by atoms with E-state index in [0.717, 1.165) is 53.6 Å². The van der Waals surface area contributed by atoms with E-state index < -0.39 is 11.6 Å². The number of carbonyl (C=O) groups is 1. The second-order valence-electron chi connectivity index (χ2n) is 9.87. The van der Waals surface area contributed by atoms with Crippen LogP contribution in [0.3, 0.4) is 0 Å². The number of benzene rings is 3. The summed E-state index contributed by atoms with van der Waals surface area (Å²) < 4.78 is 25.8. The normalized spacial score (nSPS) is 19.5. The lowest BCUT2D eigenvalue weighted by atomic mass is 9.78. The molecule has 1 amide bonds. The van der Waals surface area contributed by atoms with Crippen LogP contribution >= 0.6 is 34.8 Å². The standard InChI is InChI=1S/C29H25Cl3FNO3/c30-23-2-1-3-24(31)28(23)34-26-15-18(17-8-10-29(11-9-17)36-12-13-37-29)14-22(21(26)6-7-27(34)35)20-5-4-19(33)16-25(20)32/h1-5,14-17H,6-13H2. The van der Waals surface area contributed by atoms with Crippen molar-refractivity contribution in [2.24, 2.45) is 0 Å². The zero-order valence-corrected chi connectivity index (χ0v) is 22.3. The van der Waals surface area contributed by atoms with Gasteiger partial charge in [-0.25, -0.2) is 4.39 Å². The predicted octanol–water partition coefficient (Wildman–Crippen LogP) is 8.46. The van der Waals surface area contributed by atoms with Gasteiger partial charge in [-0.2, -0.15) is 0 Å². The summed E-state index contributed by atoms with van der Waals surface area (Å²) in [7, 11) is 0. The fourth-order valence-corrected chi connectivity index (χ4v) is 6.76. The van der Waals surface area contributed by atoms with Crippen molar-refractivity contribution < 1.29 is 18.7 Å². The molecule has 192 valence electrons. The average Bonchev–Trinajstić information content (AvgIpc) is 3.33. The van der Waals surface area contributed by atoms with E-state index in [0.29, 0.717) is 46.8 Å². The molecular weight excluding hydrogens is 536 g/mol. The van der Waals surface area contributed by atoms with Crippen molar-refractivity contribution in [2.75, 3.05) is 18.1 Å². The maximum Gasteiger partial charge on any atom is 0.231 e. The molecule has 8 heteroatoms. The first-order valence-corrected chi connectivity index (χ1v) is 13.7. The van der Waals surface area contributed by atoms with Crippen molar-refractivity contribution in [3.05, 3.63) is 80.5 Å². The third-order valence-corrected chi connectivity index (χ3v) is 8.67. The minimum absolute atomic E-state index is 0.0776. The molecule has 0 radical (unpaired) electrons. The van der Waals surface area contributed by atoms with Gasteiger partial charge in [0, 0.05) is 24.8 Å². The van der Waals surface area contributed by atoms with E-state index >= 15 is 0 Å². The number of fused-ring (bicyclic) bond motifs is 1. The van der Waals surface area contributed by atoms with Gasteiger partial charge in [-0.05, 0) is 78.3 Å². The fourth-order valence-electron chi connectivity index (χ4n) is 5.93. The Morgan fingerprint density at radius 2 is 1.57 bits per heavy atom. The van der Waals surface area contributed by atoms with Crippen molar-refractivity contribution in [1.82, 2.24) is 0 Å². The number of hydrogen-bond donors (Lipinski definition) is 0. The largest absolute Gasteiger partial charge is 0.348 e. The molecule has 2 heterocycles. The highest BCUT2D eigenvalue weighted by molar-refractivity contribution is 6.40. The highest BCUT2D eigenvalue weighted by Crippen LogP contribution is 2.49. The summed E-state index contributed by atoms with van der Waals surface area (Å²) in [4.78, 5) is 15.0. The number of anilines is 2. The van der Waals surface area contributed by atoms with Crippen molar-refractivity contribution in [1.29, 1.82) is 0 Å². The fraction of sp³-hybridized carbons (Fsp3) is 0.345. The molecule has 2 aliphatic heterocycles. The number of hydrogen-bond acceptors (Lipinski definition) is 3. The molecule has 0 N–H and O–H groups in total. The molecule has 37 heavy (non-hydrogen) atoms. The third-order valence-electron chi connectivity index (χ3n) is 7.74. The summed E-state index contributed by atoms with van der Waals surface area (Å²) in [5.74, 6) is -0.707. The first kappa shape index (κ1) is 25.1. The van der Waals surface area contributed by atoms with Gasteiger partial charge >= 0.3 is 0 Å². The van der Waals surface area contributed by atoms with E-state index in [-0.39, 0.29) is 11.8 Å². The lowest BCUT2D eigenvalue weighted by molar-refractivity contribution is -0.178. The highest BCUT2D eigenvalue weighted by atomic mass is 35.5. The lowest BCUT2D eigenvalue weighted by Crippen LogP contribution is -2.35. The minimum Gasteiger partial charge on any atom is -0.348 e. The molecule has 0 aromatic heterocycles. The van der Waals surface area contributed by atoms with E-state index in [4.69, 9.17) is 44.3 Å². The van der Waals surface area contributed by atoms with Gasteiger partial charge in [0.2, 0.25) is 5.91 Å². The van der Waals surface area contributed by atoms with Crippen LogP contribution in [-0.4, -0.2) is 24.9 Å². The Morgan fingerprint density at radius 3 is 2.24 bits per heavy atom. The number of carbonyl (C=O) groups excluding carboxylic acids is 1. The Hall–Kier alpha value is -2.15. The first-order valence-electron chi connectivity index (χ1n) is 12.5. The SMILES string of the molecule is O=C1CCc2c(-c3ccc(F)cc3Cl)cc(C3CCC4(CC3)OCCO4)cc2N1c1c(Cl)cccc1Cl. The van der Waals surface area contributed by atoms with Crippen LogP contribution in [0.15, 0.2) is 48.5 Å². The molecule has 1 aliphatic carbocycles. The van der Waals surface area contributed by atoms with Crippen LogP contribution in [0.5, 0.6) is 0 Å². The predicted molar refractivity (Wildman–Crippen MR) is 145 cm³/mol. The number of ether oxygens (including phenoxy) is 2. The van der Waals surface area contributed by atoms with E-state index in [2.05, 4.69) is 12.1 Å². The highest BCUT2D eigenvalue weighted by Gasteiger charge is 2.41. The van der Waals surface area contributed by atoms with Crippen LogP contribution in [-0.2, 0) is 20.7 Å². The number of halogens is 4. The molecule has 1 spiro atoms. The summed E-state index contributed by atoms with van der Waals surface area (Å²) in [6, 6.07) is 13.9. The number of para-hydroxylation sites is 1. The molecule has 1 saturated heterocycles. The van der Waals surface area contributed by atoms with E-state index in [1.807, 2.05) is 0 Å². The quantitative estimate of drug-likeness (QED) is 0.322. The zero-order chi connectivity index (χ0) is 25.7. The van der Waals surface area contributed by atoms with Crippen LogP contribution in [0.1, 0.15) is 49.1 Å². The summed E-state index contributed by atoms with van der Waals surface area (Å²) in [5.41, 5.74) is 4.89. The maximum absolute atomic E-state index is 14.0. The second kappa shape index (κ2) is 9.87. The molecule has 4 nitrogen and oxygen atoms in total. The Bertz CT molecular complexity index is 1360. The van der Waals surface area contributed by atoms with Gasteiger partial charge in [0.15, 0.2) is 5.79 Å². The lowest BCUT2D eigenvalue weighted by Gasteiger charge is -2.37. The number of amides is 1. The van der Waals surface area contributed by atoms with Crippen molar-refractivity contribution >= 4 is 52.1 Å². The molecule has 0 atom stereocenters. The molecule has 3 aromatic carbocycles. The smallest absolute Gasteiger partial charge is 0.231 e. The number of rotatable bonds is 3. The van der Waals surface area contributed by atoms with Crippen molar-refractivity contribution in [3.8, 4) is 11.1 Å². The zero-order valence-electron chi connectivity index (χ0n) is 20.0. The van der Waals surface area contributed by atoms with Gasteiger partial charge < -0.3 is 9.47 Å². The summed E-state index contributed by atoms with van der Waals surface area (Å²) in [6.07, 6.45) is 4.21. The van der Waals surface area contributed by atoms with Crippen molar-refractivity contribution in [2.45, 2.75) is 50.2 Å². The van der Waals surface area contributed by atoms with Crippen LogP contribution in [0.25, 0.3) is 11.1 Å². The summed E-state index contributed by atoms with van der Waals surface area (Å²) >= 11 is 19.7. The molecule has 2 fully saturated rings. The Kier molecular flexibility index (Phi) is 6.70. The van der Waals surface area contributed by atoms with Gasteiger partial charge in [-0.3, -0.25) is 9.69 Å². The van der Waals surface area contributed by atoms with Gasteiger partial charge in [0.1, 0.15) is 5.82 Å². The van der Waals surface area contributed by atoms with E-state index in [1.165, 1.54) is 12.1 Å². The Labute approximate surface area is 230 Å². The van der Waals surface area contributed by atoms with Crippen LogP contribution in [0.4, 0.5) is 15.8 Å². The minimum atomic E-state index is -0.471. The molecule has 0 bridgehead atoms. The molecule has 0 unspecified atom stereocenters. The topological polar surface area (TPSA) is 38.8 Å². The summed E-state index contributed by atoms with van der Waals surface area (Å²) in [6.45, 7) is 1.26. The van der Waals surface area contributed by atoms with E-state index in [1.54, 1.807) is 29.2 Å². The monoisotopic (exact) mass is 559 g/mol. The van der Waals surface area contributed by atoms with Gasteiger partial charge in [-0.1, -0.05) is 46.9 Å². The average molecular weight is 561 g/mol. The van der Waals surface area contributed by atoms with Crippen LogP contribution in [0, 0.1) is 5.82 Å². The first-order chi connectivity index (χ1) is 17.8. The van der Waals surface area contributed by atoms with Crippen LogP contribution in [0.2, 0.25) is 15.1 Å². The maximum atomic E-state index is 14.0. The van der Waals surface area contributed by atoms with Crippen LogP contribution < -0.4 is 4.90 Å². The third kappa shape index (κ3) is 4.55. The second-order valence-corrected chi connectivity index (χ2v) is 11.1. The Morgan fingerprint density at radius 1 is 0.865 bits per heavy atom. The Balaban J connectivity index is 1.51. The molecule has 3 aromatic rings. The van der Waals surface area contributed by atoms with Crippen molar-refractivity contribution in [3.63, 3.8) is 0 Å². The van der Waals surface area contributed by atoms with Gasteiger partial charge in [0.25, 0.3) is 0 Å². The molecule has 3 aliphatic rings. The molecule has 1 saturated carbocycles. The molecular formula is C29H25Cl3FNO3. The van der Waals surface area contributed by atoms with Gasteiger partial charge in [-0.15, -0.1) is 0 Å².